The van der Waals surface area contributed by atoms with Crippen LogP contribution < -0.4 is 0 Å². The number of rotatable bonds is 6. The maximum absolute atomic E-state index is 13.0. The second-order valence-corrected chi connectivity index (χ2v) is 7.10. The van der Waals surface area contributed by atoms with Gasteiger partial charge in [-0.15, -0.1) is 0 Å². The molecule has 1 N–H and O–H groups in total. The van der Waals surface area contributed by atoms with Crippen LogP contribution in [0.5, 0.6) is 0 Å². The zero-order chi connectivity index (χ0) is 19.0. The molecule has 0 aliphatic carbocycles. The van der Waals surface area contributed by atoms with Gasteiger partial charge in [0.05, 0.1) is 12.3 Å². The summed E-state index contributed by atoms with van der Waals surface area (Å²) >= 11 is 12.6. The summed E-state index contributed by atoms with van der Waals surface area (Å²) in [6.45, 7) is 1.07. The first-order valence-electron chi connectivity index (χ1n) is 8.48. The lowest BCUT2D eigenvalue weighted by atomic mass is 9.98. The molecule has 0 spiro atoms. The van der Waals surface area contributed by atoms with Crippen molar-refractivity contribution in [1.29, 1.82) is 0 Å². The average Bonchev–Trinajstić information content (AvgIpc) is 3.35. The minimum absolute atomic E-state index is 0.147. The van der Waals surface area contributed by atoms with E-state index in [0.717, 1.165) is 11.1 Å². The number of halogens is 2. The van der Waals surface area contributed by atoms with Crippen LogP contribution in [0.4, 0.5) is 0 Å². The number of aromatic nitrogens is 2. The van der Waals surface area contributed by atoms with E-state index < -0.39 is 0 Å². The van der Waals surface area contributed by atoms with Crippen molar-refractivity contribution >= 4 is 29.1 Å². The lowest BCUT2D eigenvalue weighted by molar-refractivity contribution is 0.0723. The van der Waals surface area contributed by atoms with Gasteiger partial charge in [0.25, 0.3) is 5.91 Å². The van der Waals surface area contributed by atoms with E-state index in [9.17, 15) is 4.79 Å². The number of amides is 1. The standard InChI is InChI=1S/C19H17Cl2N3O3/c1-26-8-3-7-24-18(12-6-5-11(20)10-13(12)21)15-16(14-4-2-9-27-14)22-23-17(15)19(24)25/h2,4-6,9-10,18H,3,7-8H2,1H3,(H,22,23). The molecule has 1 atom stereocenters. The van der Waals surface area contributed by atoms with Crippen molar-refractivity contribution in [2.75, 3.05) is 20.3 Å². The number of aromatic amines is 1. The number of nitrogens with one attached hydrogen (secondary N) is 1. The van der Waals surface area contributed by atoms with Gasteiger partial charge in [-0.3, -0.25) is 9.89 Å². The molecule has 2 aromatic heterocycles. The fourth-order valence-corrected chi connectivity index (χ4v) is 3.97. The number of ether oxygens (including phenoxy) is 1. The minimum Gasteiger partial charge on any atom is -0.463 e. The predicted octanol–water partition coefficient (Wildman–Crippen LogP) is 4.56. The highest BCUT2D eigenvalue weighted by Gasteiger charge is 2.43. The Morgan fingerprint density at radius 2 is 2.19 bits per heavy atom. The molecular formula is C19H17Cl2N3O3. The minimum atomic E-state index is -0.382. The predicted molar refractivity (Wildman–Crippen MR) is 102 cm³/mol. The Balaban J connectivity index is 1.84. The fraction of sp³-hybridized carbons (Fsp3) is 0.263. The molecule has 27 heavy (non-hydrogen) atoms. The first-order valence-corrected chi connectivity index (χ1v) is 9.24. The van der Waals surface area contributed by atoms with Gasteiger partial charge in [0.1, 0.15) is 5.69 Å². The van der Waals surface area contributed by atoms with Crippen molar-refractivity contribution in [3.63, 3.8) is 0 Å². The first kappa shape index (κ1) is 18.1. The molecule has 1 aliphatic rings. The van der Waals surface area contributed by atoms with Gasteiger partial charge in [-0.05, 0) is 36.2 Å². The summed E-state index contributed by atoms with van der Waals surface area (Å²) in [5.41, 5.74) is 2.61. The third-order valence-corrected chi connectivity index (χ3v) is 5.19. The molecular weight excluding hydrogens is 389 g/mol. The summed E-state index contributed by atoms with van der Waals surface area (Å²) in [4.78, 5) is 14.8. The quantitative estimate of drug-likeness (QED) is 0.610. The molecule has 1 aliphatic heterocycles. The van der Waals surface area contributed by atoms with Gasteiger partial charge >= 0.3 is 0 Å². The van der Waals surface area contributed by atoms with Crippen LogP contribution >= 0.6 is 23.2 Å². The largest absolute Gasteiger partial charge is 0.463 e. The van der Waals surface area contributed by atoms with E-state index >= 15 is 0 Å². The molecule has 6 nitrogen and oxygen atoms in total. The molecule has 1 unspecified atom stereocenters. The van der Waals surface area contributed by atoms with E-state index in [1.165, 1.54) is 0 Å². The highest BCUT2D eigenvalue weighted by Crippen LogP contribution is 2.45. The zero-order valence-electron chi connectivity index (χ0n) is 14.5. The van der Waals surface area contributed by atoms with Crippen LogP contribution in [0, 0.1) is 0 Å². The molecule has 3 aromatic rings. The van der Waals surface area contributed by atoms with Crippen molar-refractivity contribution < 1.29 is 13.9 Å². The third kappa shape index (κ3) is 3.14. The summed E-state index contributed by atoms with van der Waals surface area (Å²) in [7, 11) is 1.64. The maximum atomic E-state index is 13.0. The highest BCUT2D eigenvalue weighted by atomic mass is 35.5. The van der Waals surface area contributed by atoms with E-state index in [2.05, 4.69) is 10.2 Å². The first-order chi connectivity index (χ1) is 13.1. The normalized spacial score (nSPS) is 16.2. The van der Waals surface area contributed by atoms with Crippen molar-refractivity contribution in [3.05, 3.63) is 63.5 Å². The SMILES string of the molecule is COCCCN1C(=O)c2n[nH]c(-c3ccco3)c2C1c1ccc(Cl)cc1Cl. The van der Waals surface area contributed by atoms with E-state index in [0.29, 0.717) is 46.8 Å². The van der Waals surface area contributed by atoms with Crippen LogP contribution in [0.15, 0.2) is 41.0 Å². The molecule has 0 saturated heterocycles. The van der Waals surface area contributed by atoms with Crippen molar-refractivity contribution in [2.24, 2.45) is 0 Å². The molecule has 0 radical (unpaired) electrons. The highest BCUT2D eigenvalue weighted by molar-refractivity contribution is 6.35. The molecule has 0 saturated carbocycles. The smallest absolute Gasteiger partial charge is 0.275 e. The average molecular weight is 406 g/mol. The Kier molecular flexibility index (Phi) is 4.95. The molecule has 1 amide bonds. The van der Waals surface area contributed by atoms with E-state index in [1.807, 2.05) is 12.1 Å². The number of benzene rings is 1. The van der Waals surface area contributed by atoms with Crippen molar-refractivity contribution in [2.45, 2.75) is 12.5 Å². The van der Waals surface area contributed by atoms with E-state index in [1.54, 1.807) is 36.5 Å². The maximum Gasteiger partial charge on any atom is 0.275 e. The Labute approximate surface area is 166 Å². The summed E-state index contributed by atoms with van der Waals surface area (Å²) in [5.74, 6) is 0.469. The molecule has 3 heterocycles. The third-order valence-electron chi connectivity index (χ3n) is 4.62. The molecule has 0 fully saturated rings. The topological polar surface area (TPSA) is 71.4 Å². The lowest BCUT2D eigenvalue weighted by Crippen LogP contribution is -2.31. The summed E-state index contributed by atoms with van der Waals surface area (Å²) in [6.07, 6.45) is 2.29. The van der Waals surface area contributed by atoms with Crippen LogP contribution in [0.3, 0.4) is 0 Å². The molecule has 140 valence electrons. The number of nitrogens with zero attached hydrogens (tertiary/aromatic N) is 2. The van der Waals surface area contributed by atoms with Gasteiger partial charge < -0.3 is 14.1 Å². The second-order valence-electron chi connectivity index (χ2n) is 6.25. The summed E-state index contributed by atoms with van der Waals surface area (Å²) in [6, 6.07) is 8.53. The number of furan rings is 1. The van der Waals surface area contributed by atoms with Crippen molar-refractivity contribution in [3.8, 4) is 11.5 Å². The van der Waals surface area contributed by atoms with Crippen LogP contribution in [0.2, 0.25) is 10.0 Å². The Bertz CT molecular complexity index is 969. The van der Waals surface area contributed by atoms with Crippen LogP contribution in [-0.2, 0) is 4.74 Å². The Hall–Kier alpha value is -2.28. The zero-order valence-corrected chi connectivity index (χ0v) is 16.0. The number of methoxy groups -OCH3 is 1. The van der Waals surface area contributed by atoms with Gasteiger partial charge in [-0.25, -0.2) is 0 Å². The molecule has 1 aromatic carbocycles. The summed E-state index contributed by atoms with van der Waals surface area (Å²) < 4.78 is 10.7. The van der Waals surface area contributed by atoms with E-state index in [4.69, 9.17) is 32.4 Å². The number of H-pyrrole nitrogens is 1. The Morgan fingerprint density at radius 1 is 1.33 bits per heavy atom. The van der Waals surface area contributed by atoms with Gasteiger partial charge in [-0.2, -0.15) is 5.10 Å². The van der Waals surface area contributed by atoms with Gasteiger partial charge in [0.15, 0.2) is 11.5 Å². The second kappa shape index (κ2) is 7.38. The Morgan fingerprint density at radius 3 is 2.89 bits per heavy atom. The van der Waals surface area contributed by atoms with E-state index in [-0.39, 0.29) is 11.9 Å². The van der Waals surface area contributed by atoms with Gasteiger partial charge in [-0.1, -0.05) is 29.3 Å². The molecule has 0 bridgehead atoms. The number of hydrogen-bond donors (Lipinski definition) is 1. The van der Waals surface area contributed by atoms with Crippen molar-refractivity contribution in [1.82, 2.24) is 15.1 Å². The van der Waals surface area contributed by atoms with Crippen LogP contribution in [-0.4, -0.2) is 41.3 Å². The monoisotopic (exact) mass is 405 g/mol. The number of fused-ring (bicyclic) bond motifs is 1. The van der Waals surface area contributed by atoms with Crippen LogP contribution in [0.25, 0.3) is 11.5 Å². The van der Waals surface area contributed by atoms with Crippen LogP contribution in [0.1, 0.15) is 34.1 Å². The number of carbonyl (C=O) groups is 1. The molecule has 8 heteroatoms. The lowest BCUT2D eigenvalue weighted by Gasteiger charge is -2.27. The summed E-state index contributed by atoms with van der Waals surface area (Å²) in [5, 5.41) is 8.24. The fourth-order valence-electron chi connectivity index (χ4n) is 3.45. The van der Waals surface area contributed by atoms with Gasteiger partial charge in [0, 0.05) is 35.9 Å². The number of carbonyl (C=O) groups excluding carboxylic acids is 1. The molecule has 4 rings (SSSR count). The van der Waals surface area contributed by atoms with Gasteiger partial charge in [0.2, 0.25) is 0 Å². The number of hydrogen-bond acceptors (Lipinski definition) is 4.